The molecule has 4 unspecified atom stereocenters. The van der Waals surface area contributed by atoms with Gasteiger partial charge in [0, 0.05) is 5.75 Å². The van der Waals surface area contributed by atoms with Crippen LogP contribution in [0.15, 0.2) is 0 Å². The SMILES string of the molecule is CC(NC(=O)C(CS)NC(=O)C(CCCCN)NC(=O)C(N)CC(N)=O)C(=O)O. The Morgan fingerprint density at radius 1 is 0.966 bits per heavy atom. The van der Waals surface area contributed by atoms with E-state index in [1.807, 2.05) is 0 Å². The van der Waals surface area contributed by atoms with Crippen LogP contribution in [0, 0.1) is 0 Å². The molecular formula is C16H30N6O6S. The van der Waals surface area contributed by atoms with Gasteiger partial charge in [0.1, 0.15) is 18.1 Å². The molecule has 0 heterocycles. The Hall–Kier alpha value is -2.38. The molecule has 0 rings (SSSR count). The molecule has 0 aliphatic rings. The number of nitrogens with one attached hydrogen (secondary N) is 3. The molecule has 4 atom stereocenters. The van der Waals surface area contributed by atoms with Crippen molar-refractivity contribution in [3.8, 4) is 0 Å². The third-order valence-electron chi connectivity index (χ3n) is 3.88. The number of carbonyl (C=O) groups excluding carboxylic acids is 4. The maximum Gasteiger partial charge on any atom is 0.325 e. The van der Waals surface area contributed by atoms with Crippen molar-refractivity contribution in [2.24, 2.45) is 17.2 Å². The number of rotatable bonds is 14. The number of unbranched alkanes of at least 4 members (excludes halogenated alkanes) is 1. The summed E-state index contributed by atoms with van der Waals surface area (Å²) in [5.41, 5.74) is 16.0. The van der Waals surface area contributed by atoms with E-state index in [1.165, 1.54) is 6.92 Å². The highest BCUT2D eigenvalue weighted by atomic mass is 32.1. The quantitative estimate of drug-likeness (QED) is 0.102. The molecule has 0 saturated carbocycles. The molecule has 0 aromatic carbocycles. The Morgan fingerprint density at radius 3 is 2.00 bits per heavy atom. The van der Waals surface area contributed by atoms with Gasteiger partial charge in [0.2, 0.25) is 23.6 Å². The molecule has 0 aliphatic heterocycles. The largest absolute Gasteiger partial charge is 0.480 e. The molecule has 0 bridgehead atoms. The van der Waals surface area contributed by atoms with Crippen molar-refractivity contribution in [2.75, 3.05) is 12.3 Å². The fourth-order valence-corrected chi connectivity index (χ4v) is 2.45. The van der Waals surface area contributed by atoms with Crippen LogP contribution in [-0.4, -0.2) is 71.2 Å². The van der Waals surface area contributed by atoms with E-state index in [-0.39, 0.29) is 12.2 Å². The first-order valence-electron chi connectivity index (χ1n) is 9.02. The fourth-order valence-electron chi connectivity index (χ4n) is 2.19. The number of primary amides is 1. The smallest absolute Gasteiger partial charge is 0.325 e. The number of thiol groups is 1. The Kier molecular flexibility index (Phi) is 12.6. The summed E-state index contributed by atoms with van der Waals surface area (Å²) in [7, 11) is 0. The summed E-state index contributed by atoms with van der Waals surface area (Å²) >= 11 is 4.00. The number of amides is 4. The van der Waals surface area contributed by atoms with Crippen LogP contribution in [0.25, 0.3) is 0 Å². The number of hydrogen-bond donors (Lipinski definition) is 8. The molecule has 166 valence electrons. The van der Waals surface area contributed by atoms with Crippen molar-refractivity contribution in [3.63, 3.8) is 0 Å². The minimum Gasteiger partial charge on any atom is -0.480 e. The lowest BCUT2D eigenvalue weighted by atomic mass is 10.1. The normalized spacial score (nSPS) is 14.8. The Bertz CT molecular complexity index is 604. The second kappa shape index (κ2) is 13.7. The third-order valence-corrected chi connectivity index (χ3v) is 4.25. The van der Waals surface area contributed by atoms with Gasteiger partial charge < -0.3 is 38.3 Å². The molecule has 29 heavy (non-hydrogen) atoms. The number of carbonyl (C=O) groups is 5. The lowest BCUT2D eigenvalue weighted by Gasteiger charge is -2.24. The third kappa shape index (κ3) is 10.7. The second-order valence-electron chi connectivity index (χ2n) is 6.43. The molecule has 13 heteroatoms. The van der Waals surface area contributed by atoms with E-state index in [0.29, 0.717) is 19.4 Å². The summed E-state index contributed by atoms with van der Waals surface area (Å²) in [6.45, 7) is 1.66. The van der Waals surface area contributed by atoms with Gasteiger partial charge in [-0.2, -0.15) is 12.6 Å². The number of nitrogens with two attached hydrogens (primary N) is 3. The van der Waals surface area contributed by atoms with Crippen molar-refractivity contribution < 1.29 is 29.1 Å². The molecular weight excluding hydrogens is 404 g/mol. The van der Waals surface area contributed by atoms with Crippen molar-refractivity contribution in [1.82, 2.24) is 16.0 Å². The monoisotopic (exact) mass is 434 g/mol. The predicted octanol–water partition coefficient (Wildman–Crippen LogP) is -3.19. The highest BCUT2D eigenvalue weighted by Gasteiger charge is 2.28. The minimum atomic E-state index is -1.24. The van der Waals surface area contributed by atoms with Crippen LogP contribution in [-0.2, 0) is 24.0 Å². The lowest BCUT2D eigenvalue weighted by molar-refractivity contribution is -0.141. The van der Waals surface area contributed by atoms with E-state index in [4.69, 9.17) is 22.3 Å². The summed E-state index contributed by atoms with van der Waals surface area (Å²) < 4.78 is 0. The Morgan fingerprint density at radius 2 is 1.52 bits per heavy atom. The summed E-state index contributed by atoms with van der Waals surface area (Å²) in [5, 5.41) is 16.0. The molecule has 0 aromatic rings. The van der Waals surface area contributed by atoms with Crippen molar-refractivity contribution >= 4 is 42.2 Å². The topological polar surface area (TPSA) is 220 Å². The first-order chi connectivity index (χ1) is 13.5. The zero-order valence-corrected chi connectivity index (χ0v) is 17.1. The number of hydrogen-bond acceptors (Lipinski definition) is 8. The van der Waals surface area contributed by atoms with Gasteiger partial charge in [-0.05, 0) is 32.7 Å². The van der Waals surface area contributed by atoms with Crippen molar-refractivity contribution in [3.05, 3.63) is 0 Å². The van der Waals surface area contributed by atoms with E-state index in [2.05, 4.69) is 28.6 Å². The molecule has 0 aliphatic carbocycles. The molecule has 4 amide bonds. The van der Waals surface area contributed by atoms with Crippen LogP contribution in [0.2, 0.25) is 0 Å². The number of carboxylic acid groups (broad SMARTS) is 1. The average Bonchev–Trinajstić information content (AvgIpc) is 2.64. The zero-order valence-electron chi connectivity index (χ0n) is 16.2. The molecule has 12 nitrogen and oxygen atoms in total. The van der Waals surface area contributed by atoms with Gasteiger partial charge in [-0.1, -0.05) is 0 Å². The summed E-state index contributed by atoms with van der Waals surface area (Å²) in [5.74, 6) is -4.27. The molecule has 0 aromatic heterocycles. The van der Waals surface area contributed by atoms with E-state index < -0.39 is 60.2 Å². The first kappa shape index (κ1) is 26.6. The van der Waals surface area contributed by atoms with E-state index in [1.54, 1.807) is 0 Å². The van der Waals surface area contributed by atoms with Crippen molar-refractivity contribution in [2.45, 2.75) is 56.8 Å². The molecule has 0 radical (unpaired) electrons. The van der Waals surface area contributed by atoms with Gasteiger partial charge in [-0.15, -0.1) is 0 Å². The fraction of sp³-hybridized carbons (Fsp3) is 0.688. The average molecular weight is 435 g/mol. The lowest BCUT2D eigenvalue weighted by Crippen LogP contribution is -2.57. The zero-order chi connectivity index (χ0) is 22.6. The van der Waals surface area contributed by atoms with Crippen LogP contribution < -0.4 is 33.2 Å². The highest BCUT2D eigenvalue weighted by molar-refractivity contribution is 7.80. The van der Waals surface area contributed by atoms with Gasteiger partial charge >= 0.3 is 5.97 Å². The summed E-state index contributed by atoms with van der Waals surface area (Å²) in [4.78, 5) is 58.6. The van der Waals surface area contributed by atoms with Crippen molar-refractivity contribution in [1.29, 1.82) is 0 Å². The Balaban J connectivity index is 5.11. The maximum absolute atomic E-state index is 12.6. The molecule has 0 saturated heterocycles. The standard InChI is InChI=1S/C16H30N6O6S/c1-8(16(27)28)20-15(26)11(7-29)22-14(25)10(4-2-3-5-17)21-13(24)9(18)6-12(19)23/h8-11,29H,2-7,17-18H2,1H3,(H2,19,23)(H,20,26)(H,21,24)(H,22,25)(H,27,28). The Labute approximate surface area is 174 Å². The van der Waals surface area contributed by atoms with Gasteiger partial charge in [-0.25, -0.2) is 0 Å². The summed E-state index contributed by atoms with van der Waals surface area (Å²) in [6.07, 6.45) is 0.926. The predicted molar refractivity (Wildman–Crippen MR) is 108 cm³/mol. The van der Waals surface area contributed by atoms with Crippen LogP contribution in [0.3, 0.4) is 0 Å². The summed E-state index contributed by atoms with van der Waals surface area (Å²) in [6, 6.07) is -4.55. The highest BCUT2D eigenvalue weighted by Crippen LogP contribution is 2.03. The molecule has 10 N–H and O–H groups in total. The van der Waals surface area contributed by atoms with E-state index in [0.717, 1.165) is 0 Å². The van der Waals surface area contributed by atoms with Crippen LogP contribution in [0.4, 0.5) is 0 Å². The number of carboxylic acids is 1. The van der Waals surface area contributed by atoms with Crippen LogP contribution in [0.5, 0.6) is 0 Å². The maximum atomic E-state index is 12.6. The van der Waals surface area contributed by atoms with Crippen LogP contribution >= 0.6 is 12.6 Å². The minimum absolute atomic E-state index is 0.103. The van der Waals surface area contributed by atoms with Gasteiger partial charge in [0.05, 0.1) is 12.5 Å². The van der Waals surface area contributed by atoms with Gasteiger partial charge in [0.25, 0.3) is 0 Å². The molecule has 0 fully saturated rings. The first-order valence-corrected chi connectivity index (χ1v) is 9.65. The van der Waals surface area contributed by atoms with Crippen LogP contribution in [0.1, 0.15) is 32.6 Å². The number of aliphatic carboxylic acids is 1. The van der Waals surface area contributed by atoms with Gasteiger partial charge in [0.15, 0.2) is 0 Å². The molecule has 0 spiro atoms. The van der Waals surface area contributed by atoms with E-state index in [9.17, 15) is 24.0 Å². The van der Waals surface area contributed by atoms with Gasteiger partial charge in [-0.3, -0.25) is 24.0 Å². The second-order valence-corrected chi connectivity index (χ2v) is 6.80. The van der Waals surface area contributed by atoms with E-state index >= 15 is 0 Å².